The molecule has 1 aliphatic rings. The van der Waals surface area contributed by atoms with E-state index in [2.05, 4.69) is 13.8 Å². The monoisotopic (exact) mass is 172 g/mol. The van der Waals surface area contributed by atoms with Crippen molar-refractivity contribution in [2.45, 2.75) is 48.0 Å². The molecule has 0 spiro atoms. The summed E-state index contributed by atoms with van der Waals surface area (Å²) < 4.78 is 5.32. The van der Waals surface area contributed by atoms with Gasteiger partial charge in [-0.05, 0) is 32.3 Å². The molecular weight excluding hydrogens is 148 g/mol. The van der Waals surface area contributed by atoms with Gasteiger partial charge in [0.05, 0.1) is 6.61 Å². The zero-order valence-electron chi connectivity index (χ0n) is 8.24. The Labute approximate surface area is 77.8 Å². The predicted molar refractivity (Wildman–Crippen MR) is 56.5 cm³/mol. The van der Waals surface area contributed by atoms with Gasteiger partial charge in [-0.1, -0.05) is 26.8 Å². The molecule has 1 rings (SSSR count). The van der Waals surface area contributed by atoms with Gasteiger partial charge in [0.25, 0.3) is 0 Å². The summed E-state index contributed by atoms with van der Waals surface area (Å²) in [6, 6.07) is 0. The van der Waals surface area contributed by atoms with Crippen LogP contribution in [0.5, 0.6) is 0 Å². The van der Waals surface area contributed by atoms with E-state index < -0.39 is 0 Å². The fourth-order valence-electron chi connectivity index (χ4n) is 1.00. The summed E-state index contributed by atoms with van der Waals surface area (Å²) in [4.78, 5) is 0. The van der Waals surface area contributed by atoms with Crippen molar-refractivity contribution in [2.24, 2.45) is 0 Å². The van der Waals surface area contributed by atoms with Crippen molar-refractivity contribution in [1.82, 2.24) is 0 Å². The van der Waals surface area contributed by atoms with Crippen LogP contribution in [0.25, 0.3) is 0 Å². The fourth-order valence-corrected chi connectivity index (χ4v) is 1.00. The van der Waals surface area contributed by atoms with Gasteiger partial charge in [-0.2, -0.15) is 0 Å². The summed E-state index contributed by atoms with van der Waals surface area (Å²) in [5.41, 5.74) is 2.94. The van der Waals surface area contributed by atoms with Gasteiger partial charge < -0.3 is 4.74 Å². The third kappa shape index (κ3) is 5.36. The molecule has 12 heavy (non-hydrogen) atoms. The minimum atomic E-state index is 0. The molecule has 0 radical (unpaired) electrons. The second-order valence-corrected chi connectivity index (χ2v) is 2.72. The number of rotatable bonds is 0. The summed E-state index contributed by atoms with van der Waals surface area (Å²) in [5.74, 6) is 0. The Hall–Kier alpha value is -0.300. The molecule has 0 aliphatic carbocycles. The fraction of sp³-hybridized carbons (Fsp3) is 0.818. The van der Waals surface area contributed by atoms with Gasteiger partial charge in [-0.25, -0.2) is 0 Å². The highest BCUT2D eigenvalue weighted by Gasteiger charge is 2.02. The maximum Gasteiger partial charge on any atom is 0.0676 e. The Bertz CT molecular complexity index is 111. The van der Waals surface area contributed by atoms with Crippen molar-refractivity contribution >= 4 is 0 Å². The molecule has 0 fully saturated rings. The largest absolute Gasteiger partial charge is 0.377 e. The number of ether oxygens (including phenoxy) is 1. The highest BCUT2D eigenvalue weighted by atomic mass is 16.5. The van der Waals surface area contributed by atoms with Crippen LogP contribution in [0.15, 0.2) is 11.1 Å². The van der Waals surface area contributed by atoms with E-state index in [0.717, 1.165) is 13.2 Å². The molecule has 1 heterocycles. The Morgan fingerprint density at radius 2 is 1.67 bits per heavy atom. The van der Waals surface area contributed by atoms with E-state index in [9.17, 15) is 0 Å². The molecule has 0 saturated carbocycles. The zero-order valence-corrected chi connectivity index (χ0v) is 8.24. The first-order chi connectivity index (χ1) is 5.30. The van der Waals surface area contributed by atoms with Gasteiger partial charge in [0.15, 0.2) is 0 Å². The minimum Gasteiger partial charge on any atom is -0.377 e. The first kappa shape index (κ1) is 14.2. The maximum absolute atomic E-state index is 5.32. The molecule has 0 amide bonds. The molecule has 74 valence electrons. The first-order valence-electron chi connectivity index (χ1n) is 4.53. The topological polar surface area (TPSA) is 9.23 Å². The van der Waals surface area contributed by atoms with Gasteiger partial charge >= 0.3 is 0 Å². The van der Waals surface area contributed by atoms with Crippen LogP contribution in [-0.2, 0) is 4.74 Å². The summed E-state index contributed by atoms with van der Waals surface area (Å²) in [5, 5.41) is 0. The average molecular weight is 172 g/mol. The third-order valence-corrected chi connectivity index (χ3v) is 1.89. The van der Waals surface area contributed by atoms with E-state index in [1.54, 1.807) is 0 Å². The molecule has 0 aromatic carbocycles. The molecular formula is C11H24O. The standard InChI is InChI=1S/C8H14O.C2H6.CH4/c1-7-4-3-5-9-6-8(7)2;1-2;/h3-6H2,1-2H3;1-2H3;1H4. The second kappa shape index (κ2) is 8.79. The van der Waals surface area contributed by atoms with Crippen LogP contribution in [0.4, 0.5) is 0 Å². The van der Waals surface area contributed by atoms with E-state index in [0.29, 0.717) is 0 Å². The smallest absolute Gasteiger partial charge is 0.0676 e. The highest BCUT2D eigenvalue weighted by molar-refractivity contribution is 5.10. The number of allylic oxidation sites excluding steroid dienone is 1. The molecule has 0 saturated heterocycles. The Kier molecular flexibility index (Phi) is 10.4. The summed E-state index contributed by atoms with van der Waals surface area (Å²) in [6.45, 7) is 10.1. The molecule has 0 N–H and O–H groups in total. The molecule has 0 bridgehead atoms. The predicted octanol–water partition coefficient (Wildman–Crippen LogP) is 3.80. The van der Waals surface area contributed by atoms with E-state index >= 15 is 0 Å². The van der Waals surface area contributed by atoms with Crippen molar-refractivity contribution in [3.8, 4) is 0 Å². The van der Waals surface area contributed by atoms with Gasteiger partial charge in [0, 0.05) is 6.61 Å². The van der Waals surface area contributed by atoms with Crippen LogP contribution >= 0.6 is 0 Å². The Morgan fingerprint density at radius 3 is 2.25 bits per heavy atom. The quantitative estimate of drug-likeness (QED) is 0.505. The van der Waals surface area contributed by atoms with E-state index in [4.69, 9.17) is 4.74 Å². The van der Waals surface area contributed by atoms with Crippen LogP contribution in [0.2, 0.25) is 0 Å². The van der Waals surface area contributed by atoms with Gasteiger partial charge in [-0.15, -0.1) is 0 Å². The normalized spacial score (nSPS) is 17.0. The van der Waals surface area contributed by atoms with Crippen molar-refractivity contribution in [3.63, 3.8) is 0 Å². The van der Waals surface area contributed by atoms with E-state index in [1.807, 2.05) is 13.8 Å². The molecule has 0 unspecified atom stereocenters. The van der Waals surface area contributed by atoms with Crippen molar-refractivity contribution in [3.05, 3.63) is 11.1 Å². The van der Waals surface area contributed by atoms with Crippen LogP contribution in [-0.4, -0.2) is 13.2 Å². The summed E-state index contributed by atoms with van der Waals surface area (Å²) in [7, 11) is 0. The van der Waals surface area contributed by atoms with Crippen molar-refractivity contribution in [1.29, 1.82) is 0 Å². The van der Waals surface area contributed by atoms with Crippen molar-refractivity contribution in [2.75, 3.05) is 13.2 Å². The van der Waals surface area contributed by atoms with Gasteiger partial charge in [-0.3, -0.25) is 0 Å². The lowest BCUT2D eigenvalue weighted by molar-refractivity contribution is 0.159. The minimum absolute atomic E-state index is 0. The molecule has 1 aliphatic heterocycles. The first-order valence-corrected chi connectivity index (χ1v) is 4.53. The lowest BCUT2D eigenvalue weighted by atomic mass is 10.1. The van der Waals surface area contributed by atoms with Gasteiger partial charge in [0.1, 0.15) is 0 Å². The summed E-state index contributed by atoms with van der Waals surface area (Å²) >= 11 is 0. The SMILES string of the molecule is C.CC.CC1=C(C)COCCC1. The number of hydrogen-bond acceptors (Lipinski definition) is 1. The molecule has 0 aromatic rings. The maximum atomic E-state index is 5.32. The third-order valence-electron chi connectivity index (χ3n) is 1.89. The second-order valence-electron chi connectivity index (χ2n) is 2.72. The van der Waals surface area contributed by atoms with E-state index in [1.165, 1.54) is 24.0 Å². The molecule has 1 nitrogen and oxygen atoms in total. The Morgan fingerprint density at radius 1 is 1.08 bits per heavy atom. The van der Waals surface area contributed by atoms with E-state index in [-0.39, 0.29) is 7.43 Å². The lowest BCUT2D eigenvalue weighted by Gasteiger charge is -1.99. The van der Waals surface area contributed by atoms with Crippen LogP contribution in [0.1, 0.15) is 48.0 Å². The van der Waals surface area contributed by atoms with Crippen LogP contribution in [0.3, 0.4) is 0 Å². The van der Waals surface area contributed by atoms with Crippen LogP contribution < -0.4 is 0 Å². The van der Waals surface area contributed by atoms with Crippen LogP contribution in [0, 0.1) is 0 Å². The lowest BCUT2D eigenvalue weighted by Crippen LogP contribution is -1.93. The zero-order chi connectivity index (χ0) is 8.69. The van der Waals surface area contributed by atoms with Gasteiger partial charge in [0.2, 0.25) is 0 Å². The molecule has 0 atom stereocenters. The number of hydrogen-bond donors (Lipinski definition) is 0. The van der Waals surface area contributed by atoms with Crippen molar-refractivity contribution < 1.29 is 4.74 Å². The summed E-state index contributed by atoms with van der Waals surface area (Å²) in [6.07, 6.45) is 2.43. The highest BCUT2D eigenvalue weighted by Crippen LogP contribution is 2.14. The molecule has 0 aromatic heterocycles. The Balaban J connectivity index is 0. The molecule has 1 heteroatoms. The average Bonchev–Trinajstić information content (AvgIpc) is 2.22.